The van der Waals surface area contributed by atoms with Gasteiger partial charge in [0.1, 0.15) is 5.82 Å². The van der Waals surface area contributed by atoms with Crippen LogP contribution < -0.4 is 10.2 Å². The summed E-state index contributed by atoms with van der Waals surface area (Å²) < 4.78 is 1.91. The van der Waals surface area contributed by atoms with Crippen LogP contribution in [-0.4, -0.2) is 44.3 Å². The summed E-state index contributed by atoms with van der Waals surface area (Å²) in [6, 6.07) is 11.6. The van der Waals surface area contributed by atoms with Gasteiger partial charge < -0.3 is 19.7 Å². The average molecular weight is 419 g/mol. The third-order valence-corrected chi connectivity index (χ3v) is 5.33. The number of aromatic nitrogens is 3. The number of rotatable bonds is 7. The van der Waals surface area contributed by atoms with E-state index in [0.717, 1.165) is 17.8 Å². The number of carbonyl (C=O) groups excluding carboxylic acids is 2. The van der Waals surface area contributed by atoms with Crippen LogP contribution in [0.4, 0.5) is 11.5 Å². The minimum Gasteiger partial charge on any atom is -0.359 e. The molecule has 0 spiro atoms. The van der Waals surface area contributed by atoms with E-state index >= 15 is 0 Å². The Bertz CT molecular complexity index is 1080. The molecule has 1 N–H and O–H groups in total. The Morgan fingerprint density at radius 3 is 2.74 bits per heavy atom. The second-order valence-electron chi connectivity index (χ2n) is 7.59. The summed E-state index contributed by atoms with van der Waals surface area (Å²) in [7, 11) is 1.91. The topological polar surface area (TPSA) is 83.4 Å². The number of hydrogen-bond donors (Lipinski definition) is 1. The minimum absolute atomic E-state index is 0.0545. The molecule has 0 bridgehead atoms. The van der Waals surface area contributed by atoms with Crippen molar-refractivity contribution in [3.8, 4) is 0 Å². The maximum atomic E-state index is 13.3. The van der Waals surface area contributed by atoms with Crippen molar-refractivity contribution in [1.82, 2.24) is 19.4 Å². The first kappa shape index (κ1) is 20.6. The molecular formula is C23H26N6O2. The number of anilines is 2. The molecular weight excluding hydrogens is 392 g/mol. The van der Waals surface area contributed by atoms with E-state index in [1.54, 1.807) is 28.3 Å². The third-order valence-electron chi connectivity index (χ3n) is 5.33. The van der Waals surface area contributed by atoms with Gasteiger partial charge in [0.2, 0.25) is 5.91 Å². The van der Waals surface area contributed by atoms with Crippen molar-refractivity contribution in [2.45, 2.75) is 26.4 Å². The van der Waals surface area contributed by atoms with Gasteiger partial charge in [-0.15, -0.1) is 0 Å². The molecule has 1 aliphatic heterocycles. The van der Waals surface area contributed by atoms with Crippen LogP contribution >= 0.6 is 0 Å². The van der Waals surface area contributed by atoms with Gasteiger partial charge in [-0.25, -0.2) is 9.97 Å². The van der Waals surface area contributed by atoms with Gasteiger partial charge in [-0.3, -0.25) is 9.59 Å². The number of nitrogens with one attached hydrogen (secondary N) is 1. The van der Waals surface area contributed by atoms with Crippen molar-refractivity contribution in [2.24, 2.45) is 7.05 Å². The lowest BCUT2D eigenvalue weighted by Gasteiger charge is -2.30. The summed E-state index contributed by atoms with van der Waals surface area (Å²) in [5.74, 6) is 1.24. The van der Waals surface area contributed by atoms with Crippen LogP contribution in [0.15, 0.2) is 55.0 Å². The number of fused-ring (bicyclic) bond motifs is 1. The summed E-state index contributed by atoms with van der Waals surface area (Å²) >= 11 is 0. The average Bonchev–Trinajstić information content (AvgIpc) is 3.19. The van der Waals surface area contributed by atoms with E-state index < -0.39 is 0 Å². The molecule has 0 saturated heterocycles. The van der Waals surface area contributed by atoms with E-state index in [4.69, 9.17) is 0 Å². The highest BCUT2D eigenvalue weighted by Crippen LogP contribution is 2.30. The van der Waals surface area contributed by atoms with Crippen molar-refractivity contribution in [3.05, 3.63) is 71.9 Å². The van der Waals surface area contributed by atoms with Gasteiger partial charge in [-0.1, -0.05) is 37.3 Å². The first-order valence-corrected chi connectivity index (χ1v) is 10.4. The van der Waals surface area contributed by atoms with Crippen LogP contribution in [0.5, 0.6) is 0 Å². The Kier molecular flexibility index (Phi) is 5.97. The standard InChI is InChI=1S/C23H26N6O2/c1-3-10-28(16-20-24-9-11-27(20)2)23(31)18-12-19-22(25-13-18)26-14-21(30)29(19)15-17-7-5-4-6-8-17/h4-9,11-13H,3,10,14-16H2,1-2H3,(H,25,26). The molecule has 8 nitrogen and oxygen atoms in total. The Hall–Kier alpha value is -3.68. The molecule has 31 heavy (non-hydrogen) atoms. The first-order chi connectivity index (χ1) is 15.1. The Balaban J connectivity index is 1.62. The molecule has 4 rings (SSSR count). The van der Waals surface area contributed by atoms with Gasteiger partial charge in [0, 0.05) is 32.2 Å². The van der Waals surface area contributed by atoms with Crippen molar-refractivity contribution in [1.29, 1.82) is 0 Å². The fourth-order valence-electron chi connectivity index (χ4n) is 3.66. The number of aryl methyl sites for hydroxylation is 1. The van der Waals surface area contributed by atoms with Gasteiger partial charge in [-0.2, -0.15) is 0 Å². The molecule has 2 amide bonds. The maximum absolute atomic E-state index is 13.3. The normalized spacial score (nSPS) is 13.0. The van der Waals surface area contributed by atoms with E-state index in [9.17, 15) is 9.59 Å². The molecule has 3 aromatic rings. The molecule has 0 aliphatic carbocycles. The van der Waals surface area contributed by atoms with E-state index in [0.29, 0.717) is 36.7 Å². The van der Waals surface area contributed by atoms with Gasteiger partial charge >= 0.3 is 0 Å². The first-order valence-electron chi connectivity index (χ1n) is 10.4. The van der Waals surface area contributed by atoms with Crippen LogP contribution in [0, 0.1) is 0 Å². The fourth-order valence-corrected chi connectivity index (χ4v) is 3.66. The van der Waals surface area contributed by atoms with Crippen LogP contribution in [-0.2, 0) is 24.9 Å². The molecule has 160 valence electrons. The summed E-state index contributed by atoms with van der Waals surface area (Å²) in [5.41, 5.74) is 2.10. The van der Waals surface area contributed by atoms with E-state index in [1.165, 1.54) is 0 Å². The molecule has 0 unspecified atom stereocenters. The summed E-state index contributed by atoms with van der Waals surface area (Å²) in [6.45, 7) is 3.67. The lowest BCUT2D eigenvalue weighted by Crippen LogP contribution is -2.40. The van der Waals surface area contributed by atoms with Crippen LogP contribution in [0.3, 0.4) is 0 Å². The predicted octanol–water partition coefficient (Wildman–Crippen LogP) is 2.83. The Labute approximate surface area is 181 Å². The van der Waals surface area contributed by atoms with Gasteiger partial charge in [0.25, 0.3) is 5.91 Å². The van der Waals surface area contributed by atoms with Crippen molar-refractivity contribution < 1.29 is 9.59 Å². The number of imidazole rings is 1. The highest BCUT2D eigenvalue weighted by molar-refractivity contribution is 6.04. The number of hydrogen-bond acceptors (Lipinski definition) is 5. The molecule has 1 aliphatic rings. The molecule has 0 radical (unpaired) electrons. The molecule has 0 atom stereocenters. The van der Waals surface area contributed by atoms with Gasteiger partial charge in [0.15, 0.2) is 5.82 Å². The summed E-state index contributed by atoms with van der Waals surface area (Å²) in [4.78, 5) is 38.2. The van der Waals surface area contributed by atoms with Crippen molar-refractivity contribution in [2.75, 3.05) is 23.3 Å². The van der Waals surface area contributed by atoms with E-state index in [1.807, 2.05) is 55.1 Å². The van der Waals surface area contributed by atoms with Gasteiger partial charge in [-0.05, 0) is 18.1 Å². The number of amides is 2. The lowest BCUT2D eigenvalue weighted by molar-refractivity contribution is -0.117. The predicted molar refractivity (Wildman–Crippen MR) is 119 cm³/mol. The molecule has 3 heterocycles. The largest absolute Gasteiger partial charge is 0.359 e. The highest BCUT2D eigenvalue weighted by Gasteiger charge is 2.27. The molecule has 8 heteroatoms. The molecule has 0 saturated carbocycles. The zero-order chi connectivity index (χ0) is 21.8. The van der Waals surface area contributed by atoms with E-state index in [-0.39, 0.29) is 18.4 Å². The van der Waals surface area contributed by atoms with Crippen LogP contribution in [0.1, 0.15) is 35.1 Å². The zero-order valence-corrected chi connectivity index (χ0v) is 17.8. The molecule has 0 fully saturated rings. The van der Waals surface area contributed by atoms with Crippen molar-refractivity contribution in [3.63, 3.8) is 0 Å². The second-order valence-corrected chi connectivity index (χ2v) is 7.59. The second kappa shape index (κ2) is 8.99. The monoisotopic (exact) mass is 418 g/mol. The minimum atomic E-state index is -0.127. The maximum Gasteiger partial charge on any atom is 0.255 e. The highest BCUT2D eigenvalue weighted by atomic mass is 16.2. The number of benzene rings is 1. The quantitative estimate of drug-likeness (QED) is 0.638. The van der Waals surface area contributed by atoms with Crippen molar-refractivity contribution >= 4 is 23.3 Å². The Morgan fingerprint density at radius 2 is 2.03 bits per heavy atom. The third kappa shape index (κ3) is 4.42. The van der Waals surface area contributed by atoms with Gasteiger partial charge in [0.05, 0.1) is 30.9 Å². The fraction of sp³-hybridized carbons (Fsp3) is 0.304. The number of carbonyl (C=O) groups is 2. The lowest BCUT2D eigenvalue weighted by atomic mass is 10.1. The van der Waals surface area contributed by atoms with E-state index in [2.05, 4.69) is 15.3 Å². The SMILES string of the molecule is CCCN(Cc1nccn1C)C(=O)c1cnc2c(c1)N(Cc1ccccc1)C(=O)CN2. The van der Waals surface area contributed by atoms with Crippen LogP contribution in [0.25, 0.3) is 0 Å². The smallest absolute Gasteiger partial charge is 0.255 e. The zero-order valence-electron chi connectivity index (χ0n) is 17.8. The number of pyridine rings is 1. The number of nitrogens with zero attached hydrogens (tertiary/aromatic N) is 5. The molecule has 2 aromatic heterocycles. The Morgan fingerprint density at radius 1 is 1.23 bits per heavy atom. The van der Waals surface area contributed by atoms with Crippen LogP contribution in [0.2, 0.25) is 0 Å². The summed E-state index contributed by atoms with van der Waals surface area (Å²) in [6.07, 6.45) is 5.99. The summed E-state index contributed by atoms with van der Waals surface area (Å²) in [5, 5.41) is 3.05. The molecule has 1 aromatic carbocycles.